The van der Waals surface area contributed by atoms with Gasteiger partial charge < -0.3 is 5.32 Å². The highest BCUT2D eigenvalue weighted by Crippen LogP contribution is 2.27. The standard InChI is InChI=1S/C24H23Cl2N7O3S2/c1-14-9-15(2)30-24(29-14)37-13-21-22(31-32-33(21)19-11-17(25)10-18(26)12-19)23(34)28-8-7-16-3-5-20(6-4-16)38(27,35)36/h3-6,9-12H,7-8,13H2,1-2H3,(H,28,34)(H2,27,35,36). The van der Waals surface area contributed by atoms with Gasteiger partial charge in [-0.2, -0.15) is 0 Å². The number of halogens is 2. The van der Waals surface area contributed by atoms with Crippen LogP contribution in [0.3, 0.4) is 0 Å². The Morgan fingerprint density at radius 3 is 2.26 bits per heavy atom. The lowest BCUT2D eigenvalue weighted by Gasteiger charge is -2.10. The predicted molar refractivity (Wildman–Crippen MR) is 146 cm³/mol. The molecule has 10 nitrogen and oxygen atoms in total. The molecule has 1 amide bonds. The van der Waals surface area contributed by atoms with Crippen molar-refractivity contribution in [1.82, 2.24) is 30.3 Å². The number of aromatic nitrogens is 5. The normalized spacial score (nSPS) is 11.5. The van der Waals surface area contributed by atoms with Crippen LogP contribution in [0.1, 0.15) is 33.1 Å². The average molecular weight is 593 g/mol. The minimum atomic E-state index is -3.77. The van der Waals surface area contributed by atoms with Gasteiger partial charge in [-0.15, -0.1) is 5.10 Å². The third-order valence-electron chi connectivity index (χ3n) is 5.32. The van der Waals surface area contributed by atoms with Crippen LogP contribution in [0.4, 0.5) is 0 Å². The number of benzene rings is 2. The van der Waals surface area contributed by atoms with Gasteiger partial charge in [-0.3, -0.25) is 4.79 Å². The molecule has 0 aliphatic carbocycles. The molecule has 0 fully saturated rings. The molecule has 38 heavy (non-hydrogen) atoms. The molecule has 4 aromatic rings. The van der Waals surface area contributed by atoms with Crippen molar-refractivity contribution in [2.24, 2.45) is 5.14 Å². The molecule has 198 valence electrons. The summed E-state index contributed by atoms with van der Waals surface area (Å²) >= 11 is 13.8. The fourth-order valence-electron chi connectivity index (χ4n) is 3.62. The fraction of sp³-hybridized carbons (Fsp3) is 0.208. The monoisotopic (exact) mass is 591 g/mol. The van der Waals surface area contributed by atoms with Gasteiger partial charge in [-0.05, 0) is 62.2 Å². The molecule has 0 saturated carbocycles. The zero-order valence-electron chi connectivity index (χ0n) is 20.4. The number of primary sulfonamides is 1. The SMILES string of the molecule is Cc1cc(C)nc(SCc2c(C(=O)NCCc3ccc(S(N)(=O)=O)cc3)nnn2-c2cc(Cl)cc(Cl)c2)n1. The van der Waals surface area contributed by atoms with Gasteiger partial charge in [0.2, 0.25) is 10.0 Å². The highest BCUT2D eigenvalue weighted by atomic mass is 35.5. The van der Waals surface area contributed by atoms with Gasteiger partial charge in [0.15, 0.2) is 10.9 Å². The average Bonchev–Trinajstić information content (AvgIpc) is 3.25. The van der Waals surface area contributed by atoms with Gasteiger partial charge in [-0.1, -0.05) is 52.3 Å². The second-order valence-electron chi connectivity index (χ2n) is 8.34. The summed E-state index contributed by atoms with van der Waals surface area (Å²) in [4.78, 5) is 22.1. The summed E-state index contributed by atoms with van der Waals surface area (Å²) in [5, 5.41) is 17.7. The molecule has 2 heterocycles. The number of nitrogens with one attached hydrogen (secondary N) is 1. The van der Waals surface area contributed by atoms with Gasteiger partial charge >= 0.3 is 0 Å². The third-order valence-corrected chi connectivity index (χ3v) is 7.55. The van der Waals surface area contributed by atoms with E-state index in [1.54, 1.807) is 30.3 Å². The van der Waals surface area contributed by atoms with Crippen LogP contribution < -0.4 is 10.5 Å². The third kappa shape index (κ3) is 7.08. The Balaban J connectivity index is 1.55. The molecule has 0 saturated heterocycles. The summed E-state index contributed by atoms with van der Waals surface area (Å²) in [5.41, 5.74) is 3.72. The van der Waals surface area contributed by atoms with Gasteiger partial charge in [0.05, 0.1) is 16.3 Å². The molecular weight excluding hydrogens is 569 g/mol. The van der Waals surface area contributed by atoms with E-state index in [9.17, 15) is 13.2 Å². The number of hydrogen-bond acceptors (Lipinski definition) is 8. The van der Waals surface area contributed by atoms with Crippen molar-refractivity contribution in [3.63, 3.8) is 0 Å². The van der Waals surface area contributed by atoms with Crippen molar-refractivity contribution < 1.29 is 13.2 Å². The Morgan fingerprint density at radius 2 is 1.66 bits per heavy atom. The Bertz CT molecular complexity index is 1550. The molecule has 0 radical (unpaired) electrons. The number of aryl methyl sites for hydroxylation is 2. The number of carbonyl (C=O) groups excluding carboxylic acids is 1. The Labute approximate surface area is 234 Å². The van der Waals surface area contributed by atoms with E-state index in [0.717, 1.165) is 17.0 Å². The van der Waals surface area contributed by atoms with Crippen LogP contribution in [0.5, 0.6) is 0 Å². The number of amides is 1. The van der Waals surface area contributed by atoms with Crippen molar-refractivity contribution in [3.05, 3.63) is 86.9 Å². The van der Waals surface area contributed by atoms with Crippen molar-refractivity contribution in [3.8, 4) is 5.69 Å². The molecular formula is C24H23Cl2N7O3S2. The smallest absolute Gasteiger partial charge is 0.273 e. The topological polar surface area (TPSA) is 146 Å². The maximum Gasteiger partial charge on any atom is 0.273 e. The van der Waals surface area contributed by atoms with E-state index in [2.05, 4.69) is 25.6 Å². The minimum Gasteiger partial charge on any atom is -0.350 e. The van der Waals surface area contributed by atoms with E-state index < -0.39 is 15.9 Å². The van der Waals surface area contributed by atoms with E-state index in [1.165, 1.54) is 28.6 Å². The second kappa shape index (κ2) is 11.8. The maximum absolute atomic E-state index is 13.1. The lowest BCUT2D eigenvalue weighted by molar-refractivity contribution is 0.0948. The zero-order chi connectivity index (χ0) is 27.4. The highest BCUT2D eigenvalue weighted by molar-refractivity contribution is 7.98. The minimum absolute atomic E-state index is 0.0259. The number of nitrogens with zero attached hydrogens (tertiary/aromatic N) is 5. The van der Waals surface area contributed by atoms with Crippen molar-refractivity contribution in [2.75, 3.05) is 6.54 Å². The van der Waals surface area contributed by atoms with Gasteiger partial charge in [0.1, 0.15) is 0 Å². The molecule has 2 aromatic carbocycles. The summed E-state index contributed by atoms with van der Waals surface area (Å²) in [6, 6.07) is 13.0. The number of carbonyl (C=O) groups is 1. The molecule has 0 atom stereocenters. The van der Waals surface area contributed by atoms with Crippen molar-refractivity contribution in [2.45, 2.75) is 36.1 Å². The van der Waals surface area contributed by atoms with Crippen LogP contribution in [0.2, 0.25) is 10.0 Å². The van der Waals surface area contributed by atoms with Gasteiger partial charge in [0, 0.05) is 33.7 Å². The lowest BCUT2D eigenvalue weighted by atomic mass is 10.1. The first-order chi connectivity index (χ1) is 18.0. The van der Waals surface area contributed by atoms with Crippen molar-refractivity contribution in [1.29, 1.82) is 0 Å². The van der Waals surface area contributed by atoms with Gasteiger partial charge in [0.25, 0.3) is 5.91 Å². The summed E-state index contributed by atoms with van der Waals surface area (Å²) in [6.07, 6.45) is 0.467. The fourth-order valence-corrected chi connectivity index (χ4v) is 5.59. The Morgan fingerprint density at radius 1 is 1.03 bits per heavy atom. The first-order valence-electron chi connectivity index (χ1n) is 11.3. The summed E-state index contributed by atoms with van der Waals surface area (Å²) < 4.78 is 24.4. The molecule has 0 aliphatic rings. The van der Waals surface area contributed by atoms with E-state index >= 15 is 0 Å². The Hall–Kier alpha value is -3.03. The molecule has 2 aromatic heterocycles. The Kier molecular flexibility index (Phi) is 8.68. The van der Waals surface area contributed by atoms with Crippen LogP contribution in [0.25, 0.3) is 5.69 Å². The van der Waals surface area contributed by atoms with E-state index in [-0.39, 0.29) is 17.1 Å². The highest BCUT2D eigenvalue weighted by Gasteiger charge is 2.22. The maximum atomic E-state index is 13.1. The lowest BCUT2D eigenvalue weighted by Crippen LogP contribution is -2.27. The van der Waals surface area contributed by atoms with E-state index in [0.29, 0.717) is 38.8 Å². The summed E-state index contributed by atoms with van der Waals surface area (Å²) in [6.45, 7) is 4.07. The quantitative estimate of drug-likeness (QED) is 0.220. The summed E-state index contributed by atoms with van der Waals surface area (Å²) in [7, 11) is -3.77. The number of thioether (sulfide) groups is 1. The molecule has 3 N–H and O–H groups in total. The zero-order valence-corrected chi connectivity index (χ0v) is 23.5. The molecule has 14 heteroatoms. The first kappa shape index (κ1) is 28.0. The molecule has 0 unspecified atom stereocenters. The van der Waals surface area contributed by atoms with E-state index in [4.69, 9.17) is 28.3 Å². The molecule has 0 bridgehead atoms. The van der Waals surface area contributed by atoms with Crippen LogP contribution in [-0.4, -0.2) is 45.8 Å². The van der Waals surface area contributed by atoms with Crippen molar-refractivity contribution >= 4 is 50.9 Å². The number of hydrogen-bond donors (Lipinski definition) is 2. The number of nitrogens with two attached hydrogens (primary N) is 1. The van der Waals surface area contributed by atoms with Crippen LogP contribution in [0.15, 0.2) is 58.6 Å². The molecule has 0 aliphatic heterocycles. The van der Waals surface area contributed by atoms with E-state index in [1.807, 2.05) is 19.9 Å². The largest absolute Gasteiger partial charge is 0.350 e. The number of sulfonamides is 1. The first-order valence-corrected chi connectivity index (χ1v) is 14.5. The van der Waals surface area contributed by atoms with Crippen LogP contribution >= 0.6 is 35.0 Å². The molecule has 4 rings (SSSR count). The van der Waals surface area contributed by atoms with Gasteiger partial charge in [-0.25, -0.2) is 28.2 Å². The van der Waals surface area contributed by atoms with Crippen LogP contribution in [0, 0.1) is 13.8 Å². The second-order valence-corrected chi connectivity index (χ2v) is 11.7. The predicted octanol–water partition coefficient (Wildman–Crippen LogP) is 3.89. The van der Waals surface area contributed by atoms with Crippen LogP contribution in [-0.2, 0) is 22.2 Å². The number of rotatable bonds is 9. The summed E-state index contributed by atoms with van der Waals surface area (Å²) in [5.74, 6) is -0.111. The molecule has 0 spiro atoms.